The fourth-order valence-electron chi connectivity index (χ4n) is 2.53. The third kappa shape index (κ3) is 2.97. The predicted octanol–water partition coefficient (Wildman–Crippen LogP) is 2.37. The molecule has 0 radical (unpaired) electrons. The van der Waals surface area contributed by atoms with Gasteiger partial charge in [0.2, 0.25) is 0 Å². The van der Waals surface area contributed by atoms with Crippen LogP contribution in [0.25, 0.3) is 0 Å². The zero-order valence-corrected chi connectivity index (χ0v) is 10.1. The number of rotatable bonds is 4. The van der Waals surface area contributed by atoms with Crippen molar-refractivity contribution in [3.8, 4) is 0 Å². The van der Waals surface area contributed by atoms with E-state index in [-0.39, 0.29) is 18.2 Å². The molecular formula is C12H21NO3. The minimum Gasteiger partial charge on any atom is -0.453 e. The highest BCUT2D eigenvalue weighted by molar-refractivity contribution is 5.69. The van der Waals surface area contributed by atoms with Gasteiger partial charge in [0.1, 0.15) is 6.29 Å². The Balaban J connectivity index is 2.75. The van der Waals surface area contributed by atoms with Crippen LogP contribution in [-0.4, -0.2) is 36.5 Å². The first kappa shape index (κ1) is 13.0. The molecule has 1 aliphatic rings. The van der Waals surface area contributed by atoms with Crippen molar-refractivity contribution in [2.24, 2.45) is 0 Å². The first-order valence-electron chi connectivity index (χ1n) is 6.04. The lowest BCUT2D eigenvalue weighted by atomic mass is 9.92. The Morgan fingerprint density at radius 1 is 1.44 bits per heavy atom. The summed E-state index contributed by atoms with van der Waals surface area (Å²) in [6, 6.07) is 0.284. The Labute approximate surface area is 96.9 Å². The SMILES string of the molecule is CCC[C@H]1CCC[C@@H](CC=O)N1C(=O)OC. The maximum Gasteiger partial charge on any atom is 0.409 e. The molecule has 1 saturated heterocycles. The Hall–Kier alpha value is -1.06. The molecule has 4 nitrogen and oxygen atoms in total. The van der Waals surface area contributed by atoms with E-state index in [1.165, 1.54) is 7.11 Å². The quantitative estimate of drug-likeness (QED) is 0.693. The number of methoxy groups -OCH3 is 1. The van der Waals surface area contributed by atoms with E-state index in [0.717, 1.165) is 38.4 Å². The van der Waals surface area contributed by atoms with Gasteiger partial charge >= 0.3 is 6.09 Å². The normalized spacial score (nSPS) is 25.2. The van der Waals surface area contributed by atoms with Crippen molar-refractivity contribution in [3.05, 3.63) is 0 Å². The van der Waals surface area contributed by atoms with Crippen LogP contribution in [0.1, 0.15) is 45.4 Å². The molecule has 0 aliphatic carbocycles. The van der Waals surface area contributed by atoms with Crippen LogP contribution in [0.4, 0.5) is 4.79 Å². The lowest BCUT2D eigenvalue weighted by molar-refractivity contribution is -0.109. The second-order valence-electron chi connectivity index (χ2n) is 4.31. The first-order chi connectivity index (χ1) is 7.74. The summed E-state index contributed by atoms with van der Waals surface area (Å²) in [5.41, 5.74) is 0. The highest BCUT2D eigenvalue weighted by Gasteiger charge is 2.33. The molecule has 92 valence electrons. The minimum absolute atomic E-state index is 0.0373. The van der Waals surface area contributed by atoms with E-state index in [2.05, 4.69) is 6.92 Å². The summed E-state index contributed by atoms with van der Waals surface area (Å²) in [7, 11) is 1.40. The van der Waals surface area contributed by atoms with E-state index in [0.29, 0.717) is 6.42 Å². The summed E-state index contributed by atoms with van der Waals surface area (Å²) in [4.78, 5) is 24.1. The highest BCUT2D eigenvalue weighted by atomic mass is 16.5. The van der Waals surface area contributed by atoms with Crippen LogP contribution >= 0.6 is 0 Å². The molecule has 0 spiro atoms. The Kier molecular flexibility index (Phi) is 5.29. The van der Waals surface area contributed by atoms with Crippen molar-refractivity contribution < 1.29 is 14.3 Å². The summed E-state index contributed by atoms with van der Waals surface area (Å²) in [5.74, 6) is 0. The molecule has 0 aromatic heterocycles. The van der Waals surface area contributed by atoms with Crippen LogP contribution in [0.3, 0.4) is 0 Å². The van der Waals surface area contributed by atoms with Crippen LogP contribution < -0.4 is 0 Å². The zero-order valence-electron chi connectivity index (χ0n) is 10.1. The second kappa shape index (κ2) is 6.51. The van der Waals surface area contributed by atoms with Crippen LogP contribution in [0, 0.1) is 0 Å². The van der Waals surface area contributed by atoms with Gasteiger partial charge in [-0.15, -0.1) is 0 Å². The lowest BCUT2D eigenvalue weighted by Crippen LogP contribution is -2.50. The summed E-state index contributed by atoms with van der Waals surface area (Å²) >= 11 is 0. The molecule has 1 aliphatic heterocycles. The molecule has 0 bridgehead atoms. The Morgan fingerprint density at radius 2 is 2.12 bits per heavy atom. The van der Waals surface area contributed by atoms with Gasteiger partial charge in [0, 0.05) is 18.5 Å². The number of ether oxygens (including phenoxy) is 1. The monoisotopic (exact) mass is 227 g/mol. The maximum absolute atomic E-state index is 11.7. The number of carbonyl (C=O) groups is 2. The molecule has 2 atom stereocenters. The predicted molar refractivity (Wildman–Crippen MR) is 61.3 cm³/mol. The third-order valence-corrected chi connectivity index (χ3v) is 3.24. The van der Waals surface area contributed by atoms with E-state index in [1.807, 2.05) is 0 Å². The average molecular weight is 227 g/mol. The largest absolute Gasteiger partial charge is 0.453 e. The van der Waals surface area contributed by atoms with Crippen LogP contribution in [-0.2, 0) is 9.53 Å². The third-order valence-electron chi connectivity index (χ3n) is 3.24. The molecule has 0 aromatic rings. The molecule has 16 heavy (non-hydrogen) atoms. The fourth-order valence-corrected chi connectivity index (χ4v) is 2.53. The van der Waals surface area contributed by atoms with Crippen molar-refractivity contribution in [2.75, 3.05) is 7.11 Å². The molecule has 0 saturated carbocycles. The van der Waals surface area contributed by atoms with Crippen molar-refractivity contribution >= 4 is 12.4 Å². The Bertz CT molecular complexity index is 240. The van der Waals surface area contributed by atoms with Crippen LogP contribution in [0.2, 0.25) is 0 Å². The maximum atomic E-state index is 11.7. The topological polar surface area (TPSA) is 46.6 Å². The Morgan fingerprint density at radius 3 is 2.69 bits per heavy atom. The fraction of sp³-hybridized carbons (Fsp3) is 0.833. The molecule has 0 aromatic carbocycles. The van der Waals surface area contributed by atoms with Gasteiger partial charge < -0.3 is 14.4 Å². The number of hydrogen-bond donors (Lipinski definition) is 0. The van der Waals surface area contributed by atoms with Crippen molar-refractivity contribution in [1.82, 2.24) is 4.90 Å². The van der Waals surface area contributed by atoms with Crippen LogP contribution in [0.5, 0.6) is 0 Å². The average Bonchev–Trinajstić information content (AvgIpc) is 2.29. The van der Waals surface area contributed by atoms with E-state index in [4.69, 9.17) is 4.74 Å². The van der Waals surface area contributed by atoms with Crippen LogP contribution in [0.15, 0.2) is 0 Å². The number of carbonyl (C=O) groups excluding carboxylic acids is 2. The number of likely N-dealkylation sites (tertiary alicyclic amines) is 1. The number of piperidine rings is 1. The van der Waals surface area contributed by atoms with Crippen molar-refractivity contribution in [3.63, 3.8) is 0 Å². The van der Waals surface area contributed by atoms with Gasteiger partial charge in [0.15, 0.2) is 0 Å². The molecule has 0 unspecified atom stereocenters. The van der Waals surface area contributed by atoms with E-state index < -0.39 is 0 Å². The summed E-state index contributed by atoms with van der Waals surface area (Å²) < 4.78 is 4.81. The van der Waals surface area contributed by atoms with Gasteiger partial charge in [-0.1, -0.05) is 13.3 Å². The van der Waals surface area contributed by atoms with Gasteiger partial charge in [0.25, 0.3) is 0 Å². The standard InChI is InChI=1S/C12H21NO3/c1-3-5-10-6-4-7-11(8-9-14)13(10)12(15)16-2/h9-11H,3-8H2,1-2H3/t10-,11-/m0/s1. The number of hydrogen-bond acceptors (Lipinski definition) is 3. The smallest absolute Gasteiger partial charge is 0.409 e. The zero-order chi connectivity index (χ0) is 12.0. The second-order valence-corrected chi connectivity index (χ2v) is 4.31. The van der Waals surface area contributed by atoms with Gasteiger partial charge in [-0.05, 0) is 25.7 Å². The van der Waals surface area contributed by atoms with E-state index in [1.54, 1.807) is 4.90 Å². The number of nitrogens with zero attached hydrogens (tertiary/aromatic N) is 1. The first-order valence-corrected chi connectivity index (χ1v) is 6.04. The van der Waals surface area contributed by atoms with E-state index in [9.17, 15) is 9.59 Å². The van der Waals surface area contributed by atoms with Gasteiger partial charge in [0.05, 0.1) is 7.11 Å². The molecule has 4 heteroatoms. The molecular weight excluding hydrogens is 206 g/mol. The summed E-state index contributed by atoms with van der Waals surface area (Å²) in [6.07, 6.45) is 6.11. The lowest BCUT2D eigenvalue weighted by Gasteiger charge is -2.40. The molecule has 1 fully saturated rings. The van der Waals surface area contributed by atoms with Gasteiger partial charge in [-0.25, -0.2) is 4.79 Å². The number of aldehydes is 1. The van der Waals surface area contributed by atoms with Crippen molar-refractivity contribution in [2.45, 2.75) is 57.5 Å². The number of amides is 1. The van der Waals surface area contributed by atoms with Gasteiger partial charge in [-0.2, -0.15) is 0 Å². The van der Waals surface area contributed by atoms with Gasteiger partial charge in [-0.3, -0.25) is 0 Å². The molecule has 0 N–H and O–H groups in total. The van der Waals surface area contributed by atoms with Crippen molar-refractivity contribution in [1.29, 1.82) is 0 Å². The summed E-state index contributed by atoms with van der Waals surface area (Å²) in [6.45, 7) is 2.11. The van der Waals surface area contributed by atoms with E-state index >= 15 is 0 Å². The summed E-state index contributed by atoms with van der Waals surface area (Å²) in [5, 5.41) is 0. The molecule has 1 amide bonds. The minimum atomic E-state index is -0.287. The molecule has 1 rings (SSSR count). The molecule has 1 heterocycles. The highest BCUT2D eigenvalue weighted by Crippen LogP contribution is 2.27.